The molecule has 0 saturated carbocycles. The molecule has 4 heteroatoms. The second-order valence-electron chi connectivity index (χ2n) is 0.0825. The Hall–Kier alpha value is 0.522. The maximum Gasteiger partial charge on any atom is 1.00 e. The van der Waals surface area contributed by atoms with Gasteiger partial charge in [0.2, 0.25) is 0 Å². The van der Waals surface area contributed by atoms with Crippen molar-refractivity contribution in [1.82, 2.24) is 0 Å². The minimum atomic E-state index is -1.00. The first-order valence-electron chi connectivity index (χ1n) is 0.436. The van der Waals surface area contributed by atoms with Crippen LogP contribution in [0.1, 0.15) is 0 Å². The van der Waals surface area contributed by atoms with E-state index in [1.807, 2.05) is 0 Å². The van der Waals surface area contributed by atoms with Gasteiger partial charge in [0.1, 0.15) is 7.83 Å². The molecule has 0 aliphatic rings. The molecule has 18 valence electrons. The summed E-state index contributed by atoms with van der Waals surface area (Å²) in [6, 6.07) is 0. The molecule has 0 atom stereocenters. The van der Waals surface area contributed by atoms with E-state index in [0.29, 0.717) is 0 Å². The van der Waals surface area contributed by atoms with Crippen LogP contribution < -0.4 is 18.9 Å². The predicted octanol–water partition coefficient (Wildman–Crippen LogP) is -2.54. The quantitative estimate of drug-likeness (QED) is 0.268. The van der Waals surface area contributed by atoms with Crippen LogP contribution in [0.4, 0.5) is 8.63 Å². The van der Waals surface area contributed by atoms with E-state index < -0.39 is 7.83 Å². The minimum absolute atomic E-state index is 0. The number of hydrogen-bond acceptors (Lipinski definition) is 0. The van der Waals surface area contributed by atoms with Crippen LogP contribution >= 0.6 is 0 Å². The molecule has 0 nitrogen and oxygen atoms in total. The predicted molar refractivity (Wildman–Crippen MR) is 7.97 cm³/mol. The van der Waals surface area contributed by atoms with E-state index in [4.69, 9.17) is 0 Å². The molecular weight excluding hydrogens is 55.7 g/mol. The van der Waals surface area contributed by atoms with E-state index >= 15 is 0 Å². The third-order valence-electron chi connectivity index (χ3n) is 0. The fraction of sp³-hybridized carbons (Fsp3) is 0. The van der Waals surface area contributed by atoms with Crippen molar-refractivity contribution in [3.8, 4) is 0 Å². The van der Waals surface area contributed by atoms with Crippen LogP contribution in [0.5, 0.6) is 0 Å². The van der Waals surface area contributed by atoms with Crippen molar-refractivity contribution in [2.24, 2.45) is 0 Å². The summed E-state index contributed by atoms with van der Waals surface area (Å²) < 4.78 is 19.0. The molecule has 0 aromatic heterocycles. The third-order valence-corrected chi connectivity index (χ3v) is 0. The Morgan fingerprint density at radius 1 is 1.25 bits per heavy atom. The smallest absolute Gasteiger partial charge is 0.554 e. The first kappa shape index (κ1) is 8.82. The van der Waals surface area contributed by atoms with Gasteiger partial charge in [-0.05, 0) is 0 Å². The molecule has 0 aliphatic carbocycles. The fourth-order valence-electron chi connectivity index (χ4n) is 0. The second-order valence-corrected chi connectivity index (χ2v) is 0.0825. The van der Waals surface area contributed by atoms with Crippen LogP contribution in [0.25, 0.3) is 0 Å². The Morgan fingerprint density at radius 3 is 1.25 bits per heavy atom. The van der Waals surface area contributed by atoms with Crippen LogP contribution in [0.15, 0.2) is 0 Å². The van der Waals surface area contributed by atoms with Gasteiger partial charge in [-0.25, -0.2) is 0 Å². The van der Waals surface area contributed by atoms with Crippen molar-refractivity contribution in [2.45, 2.75) is 0 Å². The summed E-state index contributed by atoms with van der Waals surface area (Å²) in [4.78, 5) is 0. The first-order valence-corrected chi connectivity index (χ1v) is 0.436. The molecule has 0 heterocycles. The van der Waals surface area contributed by atoms with E-state index in [0.717, 1.165) is 0 Å². The number of rotatable bonds is 0. The molecule has 0 aromatic rings. The van der Waals surface area contributed by atoms with Gasteiger partial charge in [-0.3, -0.25) is 0 Å². The van der Waals surface area contributed by atoms with Gasteiger partial charge in [0, 0.05) is 0 Å². The van der Waals surface area contributed by atoms with Gasteiger partial charge in [0.15, 0.2) is 0 Å². The largest absolute Gasteiger partial charge is 1.00 e. The van der Waals surface area contributed by atoms with Crippen molar-refractivity contribution in [2.75, 3.05) is 0 Å². The van der Waals surface area contributed by atoms with Crippen LogP contribution in [-0.4, -0.2) is 7.83 Å². The topological polar surface area (TPSA) is 0 Å². The Morgan fingerprint density at radius 2 is 1.25 bits per heavy atom. The van der Waals surface area contributed by atoms with E-state index in [-0.39, 0.29) is 18.9 Å². The zero-order chi connectivity index (χ0) is 2.71. The molecule has 0 fully saturated rings. The molecule has 0 saturated heterocycles. The molecule has 4 heavy (non-hydrogen) atoms. The molecule has 0 rings (SSSR count). The summed E-state index contributed by atoms with van der Waals surface area (Å²) in [5, 5.41) is 0. The van der Waals surface area contributed by atoms with Gasteiger partial charge in [-0.15, -0.1) is 0 Å². The average Bonchev–Trinajstić information content (AvgIpc) is 0.918. The molecule has 0 bridgehead atoms. The molecule has 0 amide bonds. The first-order chi connectivity index (χ1) is 1.41. The maximum atomic E-state index is 9.50. The van der Waals surface area contributed by atoms with Crippen molar-refractivity contribution < 1.29 is 27.5 Å². The molecule has 0 unspecified atom stereocenters. The monoisotopic (exact) mass is 56.0 g/mol. The van der Waals surface area contributed by atoms with Crippen LogP contribution in [0.3, 0.4) is 0 Å². The number of hydrogen-bond donors (Lipinski definition) is 0. The normalized spacial score (nSPS) is 4.50. The molecular formula is BF2Li. The second kappa shape index (κ2) is 9.67. The molecule has 0 N–H and O–H groups in total. The Bertz CT molecular complexity index is 6.00. The van der Waals surface area contributed by atoms with E-state index in [1.165, 1.54) is 0 Å². The van der Waals surface area contributed by atoms with Gasteiger partial charge in [-0.2, -0.15) is 0 Å². The standard InChI is InChI=1S/BF2.Li/c2-1-3;/q-1;+1. The molecule has 0 spiro atoms. The van der Waals surface area contributed by atoms with E-state index in [2.05, 4.69) is 0 Å². The van der Waals surface area contributed by atoms with Crippen LogP contribution in [0, 0.1) is 0 Å². The summed E-state index contributed by atoms with van der Waals surface area (Å²) >= 11 is 0. The average molecular weight is 55.7 g/mol. The Labute approximate surface area is 36.1 Å². The van der Waals surface area contributed by atoms with Crippen LogP contribution in [0.2, 0.25) is 0 Å². The van der Waals surface area contributed by atoms with Crippen molar-refractivity contribution in [3.05, 3.63) is 0 Å². The molecule has 2 radical (unpaired) electrons. The summed E-state index contributed by atoms with van der Waals surface area (Å²) in [7, 11) is -1.00. The van der Waals surface area contributed by atoms with Gasteiger partial charge >= 0.3 is 18.9 Å². The van der Waals surface area contributed by atoms with Crippen LogP contribution in [-0.2, 0) is 0 Å². The van der Waals surface area contributed by atoms with Crippen molar-refractivity contribution >= 4 is 7.83 Å². The summed E-state index contributed by atoms with van der Waals surface area (Å²) in [5.41, 5.74) is 0. The Kier molecular flexibility index (Phi) is 21.3. The SMILES string of the molecule is F[B-]F.[Li+]. The Balaban J connectivity index is 0. The van der Waals surface area contributed by atoms with Crippen molar-refractivity contribution in [3.63, 3.8) is 0 Å². The molecule has 0 aliphatic heterocycles. The van der Waals surface area contributed by atoms with Gasteiger partial charge < -0.3 is 8.63 Å². The fourth-order valence-corrected chi connectivity index (χ4v) is 0. The zero-order valence-corrected chi connectivity index (χ0v) is 2.33. The zero-order valence-electron chi connectivity index (χ0n) is 2.33. The summed E-state index contributed by atoms with van der Waals surface area (Å²) in [6.45, 7) is 0. The van der Waals surface area contributed by atoms with E-state index in [1.54, 1.807) is 0 Å². The van der Waals surface area contributed by atoms with E-state index in [9.17, 15) is 8.63 Å². The maximum absolute atomic E-state index is 9.50. The van der Waals surface area contributed by atoms with Gasteiger partial charge in [0.25, 0.3) is 0 Å². The van der Waals surface area contributed by atoms with Gasteiger partial charge in [0.05, 0.1) is 0 Å². The summed E-state index contributed by atoms with van der Waals surface area (Å²) in [5.74, 6) is 0. The third kappa shape index (κ3) is 21.4. The van der Waals surface area contributed by atoms with Crippen molar-refractivity contribution in [1.29, 1.82) is 0 Å². The summed E-state index contributed by atoms with van der Waals surface area (Å²) in [6.07, 6.45) is 0. The minimum Gasteiger partial charge on any atom is -0.554 e. The van der Waals surface area contributed by atoms with Gasteiger partial charge in [-0.1, -0.05) is 0 Å². The number of halogens is 2. The molecule has 0 aromatic carbocycles.